The van der Waals surface area contributed by atoms with E-state index in [1.54, 1.807) is 0 Å². The third-order valence-corrected chi connectivity index (χ3v) is 4.94. The molecule has 0 aromatic carbocycles. The third-order valence-electron chi connectivity index (χ3n) is 4.94. The molecule has 4 heteroatoms. The molecule has 19 heavy (non-hydrogen) atoms. The number of rotatable bonds is 4. The van der Waals surface area contributed by atoms with Crippen molar-refractivity contribution in [1.29, 1.82) is 0 Å². The van der Waals surface area contributed by atoms with Crippen LogP contribution in [0.15, 0.2) is 12.4 Å². The van der Waals surface area contributed by atoms with E-state index in [1.807, 2.05) is 24.1 Å². The molecule has 1 aliphatic carbocycles. The predicted octanol–water partition coefficient (Wildman–Crippen LogP) is 2.07. The van der Waals surface area contributed by atoms with Gasteiger partial charge in [-0.25, -0.2) is 0 Å². The molecule has 1 aromatic rings. The maximum Gasteiger partial charge on any atom is 0.0537 e. The number of aromatic nitrogens is 2. The fraction of sp³-hybridized carbons (Fsp3) is 0.800. The fourth-order valence-corrected chi connectivity index (χ4v) is 3.94. The summed E-state index contributed by atoms with van der Waals surface area (Å²) < 4.78 is 1.84. The maximum atomic E-state index is 6.35. The van der Waals surface area contributed by atoms with E-state index < -0.39 is 0 Å². The van der Waals surface area contributed by atoms with Crippen LogP contribution in [0.3, 0.4) is 0 Å². The summed E-state index contributed by atoms with van der Waals surface area (Å²) in [6, 6.07) is 0.904. The molecule has 4 nitrogen and oxygen atoms in total. The second-order valence-corrected chi connectivity index (χ2v) is 6.30. The summed E-state index contributed by atoms with van der Waals surface area (Å²) in [6.45, 7) is 2.22. The Morgan fingerprint density at radius 3 is 2.79 bits per heavy atom. The lowest BCUT2D eigenvalue weighted by molar-refractivity contribution is 0.181. The Morgan fingerprint density at radius 1 is 1.32 bits per heavy atom. The van der Waals surface area contributed by atoms with Crippen molar-refractivity contribution in [2.45, 2.75) is 50.6 Å². The number of nitrogens with zero attached hydrogens (tertiary/aromatic N) is 3. The summed E-state index contributed by atoms with van der Waals surface area (Å²) in [7, 11) is 1.95. The molecule has 2 aliphatic rings. The van der Waals surface area contributed by atoms with Gasteiger partial charge in [0.05, 0.1) is 6.20 Å². The summed E-state index contributed by atoms with van der Waals surface area (Å²) in [5, 5.41) is 4.23. The van der Waals surface area contributed by atoms with Gasteiger partial charge in [-0.3, -0.25) is 9.58 Å². The van der Waals surface area contributed by atoms with E-state index in [-0.39, 0.29) is 6.04 Å². The van der Waals surface area contributed by atoms with Crippen molar-refractivity contribution in [3.63, 3.8) is 0 Å². The zero-order valence-corrected chi connectivity index (χ0v) is 12.0. The predicted molar refractivity (Wildman–Crippen MR) is 76.7 cm³/mol. The van der Waals surface area contributed by atoms with Crippen molar-refractivity contribution in [2.75, 3.05) is 13.1 Å². The molecule has 0 radical (unpaired) electrons. The average molecular weight is 262 g/mol. The van der Waals surface area contributed by atoms with E-state index in [2.05, 4.69) is 10.00 Å². The Hall–Kier alpha value is -0.870. The average Bonchev–Trinajstić information content (AvgIpc) is 3.07. The standard InChI is InChI=1S/C15H26N4/c1-18-10-13(9-17-18)14(16)11-19-8-4-7-15(19)12-5-2-3-6-12/h9-10,12,14-15H,2-8,11,16H2,1H3. The molecule has 0 bridgehead atoms. The monoisotopic (exact) mass is 262 g/mol. The molecule has 106 valence electrons. The molecular weight excluding hydrogens is 236 g/mol. The molecule has 1 saturated carbocycles. The first-order valence-electron chi connectivity index (χ1n) is 7.72. The minimum atomic E-state index is 0.107. The normalized spacial score (nSPS) is 27.2. The fourth-order valence-electron chi connectivity index (χ4n) is 3.94. The van der Waals surface area contributed by atoms with Gasteiger partial charge in [0.1, 0.15) is 0 Å². The van der Waals surface area contributed by atoms with Gasteiger partial charge < -0.3 is 5.73 Å². The molecule has 1 aromatic heterocycles. The summed E-state index contributed by atoms with van der Waals surface area (Å²) in [4.78, 5) is 2.65. The van der Waals surface area contributed by atoms with E-state index in [1.165, 1.54) is 50.6 Å². The van der Waals surface area contributed by atoms with Crippen molar-refractivity contribution in [1.82, 2.24) is 14.7 Å². The maximum absolute atomic E-state index is 6.35. The summed E-state index contributed by atoms with van der Waals surface area (Å²) >= 11 is 0. The minimum absolute atomic E-state index is 0.107. The van der Waals surface area contributed by atoms with Crippen molar-refractivity contribution in [3.8, 4) is 0 Å². The molecule has 2 unspecified atom stereocenters. The van der Waals surface area contributed by atoms with Crippen molar-refractivity contribution in [2.24, 2.45) is 18.7 Å². The van der Waals surface area contributed by atoms with Crippen LogP contribution in [0.5, 0.6) is 0 Å². The van der Waals surface area contributed by atoms with Gasteiger partial charge in [-0.15, -0.1) is 0 Å². The molecule has 3 rings (SSSR count). The van der Waals surface area contributed by atoms with E-state index >= 15 is 0 Å². The molecule has 2 fully saturated rings. The first-order valence-corrected chi connectivity index (χ1v) is 7.72. The first kappa shape index (κ1) is 13.1. The highest BCUT2D eigenvalue weighted by atomic mass is 15.2. The minimum Gasteiger partial charge on any atom is -0.323 e. The van der Waals surface area contributed by atoms with Gasteiger partial charge >= 0.3 is 0 Å². The topological polar surface area (TPSA) is 47.1 Å². The zero-order chi connectivity index (χ0) is 13.2. The number of aryl methyl sites for hydroxylation is 1. The second kappa shape index (κ2) is 5.63. The van der Waals surface area contributed by atoms with E-state index in [0.717, 1.165) is 18.5 Å². The van der Waals surface area contributed by atoms with Gasteiger partial charge in [-0.2, -0.15) is 5.10 Å². The van der Waals surface area contributed by atoms with Crippen LogP contribution in [0.4, 0.5) is 0 Å². The molecule has 1 aliphatic heterocycles. The van der Waals surface area contributed by atoms with Crippen molar-refractivity contribution < 1.29 is 0 Å². The zero-order valence-electron chi connectivity index (χ0n) is 12.0. The van der Waals surface area contributed by atoms with Crippen LogP contribution in [0.25, 0.3) is 0 Å². The highest BCUT2D eigenvalue weighted by Crippen LogP contribution is 2.35. The second-order valence-electron chi connectivity index (χ2n) is 6.30. The number of hydrogen-bond acceptors (Lipinski definition) is 3. The quantitative estimate of drug-likeness (QED) is 0.903. The highest BCUT2D eigenvalue weighted by Gasteiger charge is 2.33. The van der Waals surface area contributed by atoms with Crippen molar-refractivity contribution >= 4 is 0 Å². The van der Waals surface area contributed by atoms with Crippen LogP contribution >= 0.6 is 0 Å². The van der Waals surface area contributed by atoms with Gasteiger partial charge in [-0.05, 0) is 38.1 Å². The van der Waals surface area contributed by atoms with E-state index in [0.29, 0.717) is 0 Å². The van der Waals surface area contributed by atoms with Gasteiger partial charge in [-0.1, -0.05) is 12.8 Å². The Labute approximate surface area is 116 Å². The van der Waals surface area contributed by atoms with E-state index in [9.17, 15) is 0 Å². The summed E-state index contributed by atoms with van der Waals surface area (Å²) in [6.07, 6.45) is 12.4. The molecular formula is C15H26N4. The Balaban J connectivity index is 1.61. The van der Waals surface area contributed by atoms with Crippen LogP contribution in [-0.2, 0) is 7.05 Å². The summed E-state index contributed by atoms with van der Waals surface area (Å²) in [5.41, 5.74) is 7.52. The molecule has 0 spiro atoms. The molecule has 2 heterocycles. The third kappa shape index (κ3) is 2.84. The van der Waals surface area contributed by atoms with Gasteiger partial charge in [0.15, 0.2) is 0 Å². The lowest BCUT2D eigenvalue weighted by Crippen LogP contribution is -2.39. The van der Waals surface area contributed by atoms with Crippen LogP contribution in [0.1, 0.15) is 50.1 Å². The lowest BCUT2D eigenvalue weighted by atomic mass is 9.95. The van der Waals surface area contributed by atoms with Gasteiger partial charge in [0.2, 0.25) is 0 Å². The Morgan fingerprint density at radius 2 is 2.11 bits per heavy atom. The Kier molecular flexibility index (Phi) is 3.89. The lowest BCUT2D eigenvalue weighted by Gasteiger charge is -2.31. The smallest absolute Gasteiger partial charge is 0.0537 e. The largest absolute Gasteiger partial charge is 0.323 e. The van der Waals surface area contributed by atoms with Gasteiger partial charge in [0, 0.05) is 37.4 Å². The van der Waals surface area contributed by atoms with Crippen LogP contribution in [0, 0.1) is 5.92 Å². The van der Waals surface area contributed by atoms with Crippen molar-refractivity contribution in [3.05, 3.63) is 18.0 Å². The van der Waals surface area contributed by atoms with E-state index in [4.69, 9.17) is 5.73 Å². The molecule has 2 N–H and O–H groups in total. The molecule has 0 amide bonds. The van der Waals surface area contributed by atoms with Crippen LogP contribution < -0.4 is 5.73 Å². The number of hydrogen-bond donors (Lipinski definition) is 1. The van der Waals surface area contributed by atoms with Gasteiger partial charge in [0.25, 0.3) is 0 Å². The SMILES string of the molecule is Cn1cc(C(N)CN2CCCC2C2CCCC2)cn1. The highest BCUT2D eigenvalue weighted by molar-refractivity contribution is 5.10. The van der Waals surface area contributed by atoms with Crippen LogP contribution in [-0.4, -0.2) is 33.8 Å². The molecule has 2 atom stereocenters. The number of likely N-dealkylation sites (tertiary alicyclic amines) is 1. The first-order chi connectivity index (χ1) is 9.24. The van der Waals surface area contributed by atoms with Crippen LogP contribution in [0.2, 0.25) is 0 Å². The summed E-state index contributed by atoms with van der Waals surface area (Å²) in [5.74, 6) is 0.934. The number of nitrogens with two attached hydrogens (primary N) is 1. The Bertz CT molecular complexity index is 408. The molecule has 1 saturated heterocycles.